The zero-order valence-electron chi connectivity index (χ0n) is 20.8. The predicted octanol–water partition coefficient (Wildman–Crippen LogP) is 6.69. The van der Waals surface area contributed by atoms with Crippen LogP contribution in [-0.4, -0.2) is 42.9 Å². The number of sulfonamides is 1. The topological polar surface area (TPSA) is 82.9 Å². The van der Waals surface area contributed by atoms with Crippen molar-refractivity contribution in [1.29, 1.82) is 0 Å². The number of benzene rings is 3. The Labute approximate surface area is 233 Å². The Bertz CT molecular complexity index is 1550. The average Bonchev–Trinajstić information content (AvgIpc) is 3.32. The lowest BCUT2D eigenvalue weighted by atomic mass is 10.2. The molecule has 4 rings (SSSR count). The third-order valence-electron chi connectivity index (χ3n) is 5.59. The molecule has 0 unspecified atom stereocenters. The lowest BCUT2D eigenvalue weighted by Crippen LogP contribution is -2.32. The predicted molar refractivity (Wildman–Crippen MR) is 154 cm³/mol. The second kappa shape index (κ2) is 12.2. The number of amides is 1. The zero-order valence-corrected chi connectivity index (χ0v) is 24.1. The smallest absolute Gasteiger partial charge is 0.267 e. The number of nitrogens with zero attached hydrogens (tertiary/aromatic N) is 4. The summed E-state index contributed by atoms with van der Waals surface area (Å²) in [7, 11) is -3.68. The molecule has 0 aliphatic heterocycles. The van der Waals surface area contributed by atoms with E-state index in [0.29, 0.717) is 36.1 Å². The van der Waals surface area contributed by atoms with Crippen molar-refractivity contribution in [3.63, 3.8) is 0 Å². The summed E-state index contributed by atoms with van der Waals surface area (Å²) < 4.78 is 43.0. The number of fused-ring (bicyclic) bond motifs is 1. The molecule has 3 aromatic carbocycles. The van der Waals surface area contributed by atoms with Gasteiger partial charge in [0, 0.05) is 23.1 Å². The molecule has 0 saturated heterocycles. The van der Waals surface area contributed by atoms with Gasteiger partial charge in [-0.1, -0.05) is 53.2 Å². The molecule has 198 valence electrons. The maximum atomic E-state index is 13.8. The van der Waals surface area contributed by atoms with Gasteiger partial charge in [0.05, 0.1) is 21.3 Å². The number of hydrogen-bond donors (Lipinski definition) is 0. The molecule has 0 aliphatic rings. The van der Waals surface area contributed by atoms with Crippen LogP contribution in [0.3, 0.4) is 0 Å². The highest BCUT2D eigenvalue weighted by Crippen LogP contribution is 2.31. The molecule has 1 amide bonds. The van der Waals surface area contributed by atoms with Crippen molar-refractivity contribution in [2.75, 3.05) is 18.1 Å². The zero-order chi connectivity index (χ0) is 27.3. The van der Waals surface area contributed by atoms with Crippen LogP contribution >= 0.6 is 27.3 Å². The molecule has 0 N–H and O–H groups in total. The van der Waals surface area contributed by atoms with Gasteiger partial charge < -0.3 is 0 Å². The fourth-order valence-electron chi connectivity index (χ4n) is 3.73. The molecule has 4 aromatic rings. The van der Waals surface area contributed by atoms with Crippen molar-refractivity contribution in [3.05, 3.63) is 88.1 Å². The van der Waals surface area contributed by atoms with Gasteiger partial charge >= 0.3 is 0 Å². The number of carbonyl (C=O) groups excluding carboxylic acids is 1. The Balaban J connectivity index is 1.69. The number of hydrazone groups is 1. The molecule has 0 bridgehead atoms. The minimum Gasteiger partial charge on any atom is -0.267 e. The van der Waals surface area contributed by atoms with E-state index in [2.05, 4.69) is 26.0 Å². The van der Waals surface area contributed by atoms with E-state index in [1.165, 1.54) is 46.9 Å². The average molecular weight is 618 g/mol. The van der Waals surface area contributed by atoms with E-state index in [1.54, 1.807) is 6.07 Å². The first kappa shape index (κ1) is 28.0. The third-order valence-corrected chi connectivity index (χ3v) is 9.03. The van der Waals surface area contributed by atoms with E-state index < -0.39 is 21.7 Å². The summed E-state index contributed by atoms with van der Waals surface area (Å²) in [6.45, 7) is 4.71. The SMILES string of the molecule is CCCN(CCC)S(=O)(=O)c1ccc(C(=O)N(/N=C/c2ccc(Br)cc2)c2nc3ccc(F)cc3s2)cc1. The molecule has 11 heteroatoms. The van der Waals surface area contributed by atoms with E-state index in [-0.39, 0.29) is 15.6 Å². The van der Waals surface area contributed by atoms with E-state index in [0.717, 1.165) is 26.4 Å². The highest BCUT2D eigenvalue weighted by molar-refractivity contribution is 9.10. The first-order chi connectivity index (χ1) is 18.2. The summed E-state index contributed by atoms with van der Waals surface area (Å²) in [5.74, 6) is -0.901. The molecule has 1 heterocycles. The van der Waals surface area contributed by atoms with Gasteiger partial charge in [-0.25, -0.2) is 17.8 Å². The Morgan fingerprint density at radius 1 is 1.03 bits per heavy atom. The van der Waals surface area contributed by atoms with Crippen molar-refractivity contribution in [3.8, 4) is 0 Å². The van der Waals surface area contributed by atoms with Crippen molar-refractivity contribution in [2.24, 2.45) is 5.10 Å². The summed E-state index contributed by atoms with van der Waals surface area (Å²) in [6.07, 6.45) is 2.93. The maximum absolute atomic E-state index is 13.8. The van der Waals surface area contributed by atoms with Gasteiger partial charge in [-0.15, -0.1) is 0 Å². The van der Waals surface area contributed by atoms with Gasteiger partial charge in [-0.05, 0) is 73.0 Å². The highest BCUT2D eigenvalue weighted by Gasteiger charge is 2.25. The molecule has 0 fully saturated rings. The summed E-state index contributed by atoms with van der Waals surface area (Å²) in [5, 5.41) is 5.82. The van der Waals surface area contributed by atoms with Crippen LogP contribution in [0, 0.1) is 5.82 Å². The third kappa shape index (κ3) is 6.35. The van der Waals surface area contributed by atoms with E-state index in [4.69, 9.17) is 0 Å². The molecule has 0 aliphatic carbocycles. The fourth-order valence-corrected chi connectivity index (χ4v) is 6.57. The van der Waals surface area contributed by atoms with Crippen molar-refractivity contribution in [2.45, 2.75) is 31.6 Å². The standard InChI is InChI=1S/C27H26BrFN4O3S2/c1-3-15-32(16-4-2)38(35,36)23-12-7-20(8-13-23)26(34)33(30-18-19-5-9-21(28)10-6-19)27-31-24-14-11-22(29)17-25(24)37-27/h5-14,17-18H,3-4,15-16H2,1-2H3/b30-18+. The quantitative estimate of drug-likeness (QED) is 0.147. The van der Waals surface area contributed by atoms with Crippen LogP contribution in [0.5, 0.6) is 0 Å². The van der Waals surface area contributed by atoms with Crippen LogP contribution in [0.1, 0.15) is 42.6 Å². The second-order valence-electron chi connectivity index (χ2n) is 8.45. The first-order valence-corrected chi connectivity index (χ1v) is 15.1. The number of rotatable bonds is 10. The van der Waals surface area contributed by atoms with Crippen LogP contribution in [0.15, 0.2) is 81.2 Å². The normalized spacial score (nSPS) is 12.0. The number of aromatic nitrogens is 1. The second-order valence-corrected chi connectivity index (χ2v) is 12.3. The monoisotopic (exact) mass is 616 g/mol. The molecule has 7 nitrogen and oxygen atoms in total. The number of hydrogen-bond acceptors (Lipinski definition) is 6. The number of carbonyl (C=O) groups is 1. The van der Waals surface area contributed by atoms with Crippen LogP contribution < -0.4 is 5.01 Å². The summed E-state index contributed by atoms with van der Waals surface area (Å²) in [6, 6.07) is 17.4. The molecular weight excluding hydrogens is 591 g/mol. The maximum Gasteiger partial charge on any atom is 0.280 e. The van der Waals surface area contributed by atoms with Crippen molar-refractivity contribution < 1.29 is 17.6 Å². The largest absolute Gasteiger partial charge is 0.280 e. The molecule has 0 saturated carbocycles. The molecule has 0 atom stereocenters. The van der Waals surface area contributed by atoms with E-state index in [9.17, 15) is 17.6 Å². The van der Waals surface area contributed by atoms with Gasteiger partial charge in [0.15, 0.2) is 0 Å². The lowest BCUT2D eigenvalue weighted by molar-refractivity contribution is 0.0987. The number of thiazole rings is 1. The molecule has 0 spiro atoms. The number of halogens is 2. The molecule has 0 radical (unpaired) electrons. The van der Waals surface area contributed by atoms with E-state index in [1.807, 2.05) is 38.1 Å². The summed E-state index contributed by atoms with van der Waals surface area (Å²) in [4.78, 5) is 18.2. The Morgan fingerprint density at radius 3 is 2.32 bits per heavy atom. The van der Waals surface area contributed by atoms with Gasteiger partial charge in [-0.2, -0.15) is 14.4 Å². The van der Waals surface area contributed by atoms with E-state index >= 15 is 0 Å². The minimum absolute atomic E-state index is 0.122. The van der Waals surface area contributed by atoms with Crippen LogP contribution in [0.25, 0.3) is 10.2 Å². The van der Waals surface area contributed by atoms with Gasteiger partial charge in [0.2, 0.25) is 15.2 Å². The molecule has 38 heavy (non-hydrogen) atoms. The molecular formula is C27H26BrFN4O3S2. The highest BCUT2D eigenvalue weighted by atomic mass is 79.9. The van der Waals surface area contributed by atoms with Crippen molar-refractivity contribution in [1.82, 2.24) is 9.29 Å². The fraction of sp³-hybridized carbons (Fsp3) is 0.222. The van der Waals surface area contributed by atoms with Crippen LogP contribution in [-0.2, 0) is 10.0 Å². The summed E-state index contributed by atoms with van der Waals surface area (Å²) >= 11 is 4.53. The van der Waals surface area contributed by atoms with Gasteiger partial charge in [0.1, 0.15) is 5.82 Å². The Kier molecular flexibility index (Phi) is 9.03. The van der Waals surface area contributed by atoms with Crippen LogP contribution in [0.2, 0.25) is 0 Å². The van der Waals surface area contributed by atoms with Crippen LogP contribution in [0.4, 0.5) is 9.52 Å². The van der Waals surface area contributed by atoms with Gasteiger partial charge in [-0.3, -0.25) is 4.79 Å². The number of anilines is 1. The van der Waals surface area contributed by atoms with Gasteiger partial charge in [0.25, 0.3) is 5.91 Å². The van der Waals surface area contributed by atoms with Crippen molar-refractivity contribution >= 4 is 64.8 Å². The summed E-state index contributed by atoms with van der Waals surface area (Å²) in [5.41, 5.74) is 1.53. The minimum atomic E-state index is -3.68. The lowest BCUT2D eigenvalue weighted by Gasteiger charge is -2.21. The Hall–Kier alpha value is -2.99. The molecule has 1 aromatic heterocycles. The first-order valence-electron chi connectivity index (χ1n) is 12.0. The Morgan fingerprint density at radius 2 is 1.68 bits per heavy atom.